The van der Waals surface area contributed by atoms with E-state index in [1.54, 1.807) is 5.56 Å². The van der Waals surface area contributed by atoms with Gasteiger partial charge < -0.3 is 5.32 Å². The normalized spacial score (nSPS) is 15.6. The summed E-state index contributed by atoms with van der Waals surface area (Å²) in [5.41, 5.74) is 9.27. The minimum Gasteiger partial charge on any atom is -0.385 e. The summed E-state index contributed by atoms with van der Waals surface area (Å²) in [6.07, 6.45) is 17.3. The van der Waals surface area contributed by atoms with Crippen LogP contribution in [0.3, 0.4) is 0 Å². The van der Waals surface area contributed by atoms with Crippen LogP contribution in [-0.2, 0) is 18.3 Å². The molecule has 1 aliphatic rings. The predicted molar refractivity (Wildman–Crippen MR) is 142 cm³/mol. The summed E-state index contributed by atoms with van der Waals surface area (Å²) in [6.45, 7) is 10.2. The van der Waals surface area contributed by atoms with Crippen molar-refractivity contribution in [2.24, 2.45) is 0 Å². The maximum atomic E-state index is 3.56. The van der Waals surface area contributed by atoms with Gasteiger partial charge in [-0.1, -0.05) is 83.1 Å². The van der Waals surface area contributed by atoms with E-state index in [0.29, 0.717) is 5.41 Å². The lowest BCUT2D eigenvalue weighted by molar-refractivity contribution is 0.266. The Morgan fingerprint density at radius 2 is 1.41 bits per heavy atom. The second-order valence-corrected chi connectivity index (χ2v) is 10.4. The van der Waals surface area contributed by atoms with Crippen LogP contribution in [0, 0.1) is 13.8 Å². The molecule has 0 radical (unpaired) electrons. The fourth-order valence-corrected chi connectivity index (χ4v) is 5.70. The Morgan fingerprint density at radius 3 is 2.03 bits per heavy atom. The Bertz CT molecular complexity index is 828. The molecule has 2 aromatic carbocycles. The SMILES string of the molecule is CCCCCC1(c2ccc(CCc3ccc(NCCCC)cc3C)c(C)c2)CCCCC1. The van der Waals surface area contributed by atoms with Gasteiger partial charge in [-0.2, -0.15) is 0 Å². The molecule has 0 amide bonds. The van der Waals surface area contributed by atoms with Gasteiger partial charge in [-0.15, -0.1) is 0 Å². The van der Waals surface area contributed by atoms with Crippen molar-refractivity contribution in [3.05, 3.63) is 64.2 Å². The lowest BCUT2D eigenvalue weighted by Gasteiger charge is -2.38. The summed E-state index contributed by atoms with van der Waals surface area (Å²) >= 11 is 0. The average Bonchev–Trinajstić information content (AvgIpc) is 2.80. The topological polar surface area (TPSA) is 12.0 Å². The van der Waals surface area contributed by atoms with Gasteiger partial charge in [0.15, 0.2) is 0 Å². The lowest BCUT2D eigenvalue weighted by atomic mass is 9.66. The molecule has 1 fully saturated rings. The van der Waals surface area contributed by atoms with Gasteiger partial charge in [-0.3, -0.25) is 0 Å². The first-order chi connectivity index (χ1) is 15.6. The van der Waals surface area contributed by atoms with E-state index in [1.807, 2.05) is 0 Å². The molecule has 3 rings (SSSR count). The molecule has 1 nitrogen and oxygen atoms in total. The molecule has 1 N–H and O–H groups in total. The highest BCUT2D eigenvalue weighted by Crippen LogP contribution is 2.44. The minimum atomic E-state index is 0.452. The third-order valence-electron chi connectivity index (χ3n) is 7.89. The maximum Gasteiger partial charge on any atom is 0.0343 e. The zero-order valence-corrected chi connectivity index (χ0v) is 21.4. The Balaban J connectivity index is 1.66. The number of anilines is 1. The van der Waals surface area contributed by atoms with E-state index in [0.717, 1.165) is 19.4 Å². The number of aryl methyl sites for hydroxylation is 4. The fraction of sp³-hybridized carbons (Fsp3) is 0.613. The van der Waals surface area contributed by atoms with E-state index >= 15 is 0 Å². The van der Waals surface area contributed by atoms with Crippen molar-refractivity contribution in [2.75, 3.05) is 11.9 Å². The Kier molecular flexibility index (Phi) is 9.69. The number of hydrogen-bond donors (Lipinski definition) is 1. The van der Waals surface area contributed by atoms with Crippen LogP contribution >= 0.6 is 0 Å². The van der Waals surface area contributed by atoms with Gasteiger partial charge in [-0.25, -0.2) is 0 Å². The third-order valence-corrected chi connectivity index (χ3v) is 7.89. The van der Waals surface area contributed by atoms with Crippen molar-refractivity contribution in [1.82, 2.24) is 0 Å². The standard InChI is InChI=1S/C31H47N/c1-5-7-10-19-31(20-11-9-12-21-31)29-17-15-27(25(3)23-29)13-14-28-16-18-30(24-26(28)4)32-22-8-6-2/h15-18,23-24,32H,5-14,19-22H2,1-4H3. The number of rotatable bonds is 12. The number of hydrogen-bond acceptors (Lipinski definition) is 1. The summed E-state index contributed by atoms with van der Waals surface area (Å²) in [5, 5.41) is 3.56. The first kappa shape index (κ1) is 24.9. The average molecular weight is 434 g/mol. The second kappa shape index (κ2) is 12.5. The van der Waals surface area contributed by atoms with Gasteiger partial charge in [0.2, 0.25) is 0 Å². The van der Waals surface area contributed by atoms with Crippen molar-refractivity contribution in [3.8, 4) is 0 Å². The molecule has 0 bridgehead atoms. The highest BCUT2D eigenvalue weighted by atomic mass is 14.9. The monoisotopic (exact) mass is 433 g/mol. The van der Waals surface area contributed by atoms with E-state index in [1.165, 1.54) is 98.6 Å². The van der Waals surface area contributed by atoms with Crippen LogP contribution in [-0.4, -0.2) is 6.54 Å². The van der Waals surface area contributed by atoms with E-state index < -0.39 is 0 Å². The van der Waals surface area contributed by atoms with Gasteiger partial charge in [0.1, 0.15) is 0 Å². The maximum absolute atomic E-state index is 3.56. The molecule has 0 atom stereocenters. The Morgan fingerprint density at radius 1 is 0.750 bits per heavy atom. The third kappa shape index (κ3) is 6.63. The molecular weight excluding hydrogens is 386 g/mol. The molecule has 32 heavy (non-hydrogen) atoms. The molecule has 1 aliphatic carbocycles. The number of unbranched alkanes of at least 4 members (excludes halogenated alkanes) is 3. The van der Waals surface area contributed by atoms with Gasteiger partial charge in [0, 0.05) is 12.2 Å². The molecule has 176 valence electrons. The van der Waals surface area contributed by atoms with Crippen molar-refractivity contribution in [2.45, 2.75) is 117 Å². The largest absolute Gasteiger partial charge is 0.385 e. The Hall–Kier alpha value is -1.76. The molecule has 0 spiro atoms. The first-order valence-electron chi connectivity index (χ1n) is 13.5. The fourth-order valence-electron chi connectivity index (χ4n) is 5.70. The van der Waals surface area contributed by atoms with Gasteiger partial charge in [0.05, 0.1) is 0 Å². The van der Waals surface area contributed by atoms with Crippen molar-refractivity contribution in [1.29, 1.82) is 0 Å². The molecule has 2 aromatic rings. The predicted octanol–water partition coefficient (Wildman–Crippen LogP) is 9.08. The Labute approximate surface area is 198 Å². The van der Waals surface area contributed by atoms with Crippen LogP contribution < -0.4 is 5.32 Å². The van der Waals surface area contributed by atoms with E-state index in [4.69, 9.17) is 0 Å². The highest BCUT2D eigenvalue weighted by Gasteiger charge is 2.33. The molecule has 0 aromatic heterocycles. The quantitative estimate of drug-likeness (QED) is 0.329. The molecule has 0 unspecified atom stereocenters. The molecule has 0 aliphatic heterocycles. The summed E-state index contributed by atoms with van der Waals surface area (Å²) < 4.78 is 0. The molecule has 1 heteroatoms. The molecular formula is C31H47N. The van der Waals surface area contributed by atoms with Crippen LogP contribution in [0.25, 0.3) is 0 Å². The van der Waals surface area contributed by atoms with Crippen LogP contribution in [0.4, 0.5) is 5.69 Å². The van der Waals surface area contributed by atoms with E-state index in [9.17, 15) is 0 Å². The van der Waals surface area contributed by atoms with Crippen molar-refractivity contribution in [3.63, 3.8) is 0 Å². The summed E-state index contributed by atoms with van der Waals surface area (Å²) in [6, 6.07) is 14.4. The highest BCUT2D eigenvalue weighted by molar-refractivity contribution is 5.48. The number of benzene rings is 2. The van der Waals surface area contributed by atoms with Crippen molar-refractivity contribution >= 4 is 5.69 Å². The van der Waals surface area contributed by atoms with Crippen LogP contribution in [0.2, 0.25) is 0 Å². The smallest absolute Gasteiger partial charge is 0.0343 e. The van der Waals surface area contributed by atoms with Crippen LogP contribution in [0.15, 0.2) is 36.4 Å². The van der Waals surface area contributed by atoms with Gasteiger partial charge >= 0.3 is 0 Å². The number of nitrogens with one attached hydrogen (secondary N) is 1. The van der Waals surface area contributed by atoms with E-state index in [2.05, 4.69) is 69.4 Å². The van der Waals surface area contributed by atoms with Crippen LogP contribution in [0.1, 0.15) is 112 Å². The van der Waals surface area contributed by atoms with Gasteiger partial charge in [-0.05, 0) is 97.7 Å². The zero-order valence-electron chi connectivity index (χ0n) is 21.4. The summed E-state index contributed by atoms with van der Waals surface area (Å²) in [4.78, 5) is 0. The minimum absolute atomic E-state index is 0.452. The van der Waals surface area contributed by atoms with Crippen LogP contribution in [0.5, 0.6) is 0 Å². The van der Waals surface area contributed by atoms with E-state index in [-0.39, 0.29) is 0 Å². The first-order valence-corrected chi connectivity index (χ1v) is 13.5. The summed E-state index contributed by atoms with van der Waals surface area (Å²) in [7, 11) is 0. The zero-order chi connectivity index (χ0) is 22.8. The lowest BCUT2D eigenvalue weighted by Crippen LogP contribution is -2.29. The molecule has 0 heterocycles. The summed E-state index contributed by atoms with van der Waals surface area (Å²) in [5.74, 6) is 0. The molecule has 1 saturated carbocycles. The second-order valence-electron chi connectivity index (χ2n) is 10.4. The molecule has 0 saturated heterocycles. The van der Waals surface area contributed by atoms with Gasteiger partial charge in [0.25, 0.3) is 0 Å². The van der Waals surface area contributed by atoms with Crippen molar-refractivity contribution < 1.29 is 0 Å².